The monoisotopic (exact) mass is 486 g/mol. The van der Waals surface area contributed by atoms with Gasteiger partial charge in [-0.25, -0.2) is 15.4 Å². The van der Waals surface area contributed by atoms with Crippen LogP contribution in [0.2, 0.25) is 0 Å². The average molecular weight is 486 g/mol. The number of H-pyrrole nitrogens is 1. The summed E-state index contributed by atoms with van der Waals surface area (Å²) in [5, 5.41) is 38.9. The van der Waals surface area contributed by atoms with Gasteiger partial charge in [0.25, 0.3) is 5.56 Å². The Kier molecular flexibility index (Phi) is 5.46. The molecule has 3 heterocycles. The summed E-state index contributed by atoms with van der Waals surface area (Å²) in [6.07, 6.45) is -2.02. The van der Waals surface area contributed by atoms with Gasteiger partial charge in [-0.15, -0.1) is 0 Å². The number of aromatic amines is 1. The Bertz CT molecular complexity index is 1620. The van der Waals surface area contributed by atoms with Gasteiger partial charge in [-0.2, -0.15) is 5.10 Å². The minimum Gasteiger partial charge on any atom is -0.394 e. The Morgan fingerprint density at radius 1 is 1.08 bits per heavy atom. The molecule has 2 aromatic heterocycles. The number of aromatic nitrogens is 4. The fraction of sp³-hybridized carbons (Fsp3) is 0.200. The maximum Gasteiger partial charge on any atom is 0.278 e. The van der Waals surface area contributed by atoms with E-state index in [4.69, 9.17) is 4.74 Å². The van der Waals surface area contributed by atoms with Crippen LogP contribution < -0.4 is 11.0 Å². The largest absolute Gasteiger partial charge is 0.394 e. The SMILES string of the molecule is O=c1[nH]cnc2c1nc(N/N=C/c1c3ccccc3cc3ccccc13)n2[C@@H]1O[C@H](CO)[C@@H](O)[C@H]1O. The zero-order valence-corrected chi connectivity index (χ0v) is 18.8. The lowest BCUT2D eigenvalue weighted by molar-refractivity contribution is -0.0501. The quantitative estimate of drug-likeness (QED) is 0.142. The number of anilines is 1. The van der Waals surface area contributed by atoms with Gasteiger partial charge in [-0.3, -0.25) is 9.36 Å². The summed E-state index contributed by atoms with van der Waals surface area (Å²) in [5.74, 6) is 0.0739. The van der Waals surface area contributed by atoms with Crippen molar-refractivity contribution < 1.29 is 20.1 Å². The van der Waals surface area contributed by atoms with Crippen molar-refractivity contribution in [1.82, 2.24) is 19.5 Å². The normalized spacial score (nSPS) is 22.3. The van der Waals surface area contributed by atoms with Crippen LogP contribution in [0.4, 0.5) is 5.95 Å². The highest BCUT2D eigenvalue weighted by Crippen LogP contribution is 2.34. The Labute approximate surface area is 203 Å². The maximum absolute atomic E-state index is 12.4. The molecule has 0 unspecified atom stereocenters. The molecule has 5 aromatic rings. The number of hydrogen-bond acceptors (Lipinski definition) is 9. The molecular formula is C25H22N6O5. The molecule has 4 atom stereocenters. The molecule has 1 aliphatic rings. The number of benzene rings is 3. The van der Waals surface area contributed by atoms with Crippen molar-refractivity contribution in [2.45, 2.75) is 24.5 Å². The van der Waals surface area contributed by atoms with Crippen molar-refractivity contribution in [1.29, 1.82) is 0 Å². The van der Waals surface area contributed by atoms with Crippen molar-refractivity contribution in [3.63, 3.8) is 0 Å². The summed E-state index contributed by atoms with van der Waals surface area (Å²) in [5.41, 5.74) is 3.38. The number of ether oxygens (including phenoxy) is 1. The van der Waals surface area contributed by atoms with Crippen LogP contribution in [-0.4, -0.2) is 66.0 Å². The Morgan fingerprint density at radius 3 is 2.44 bits per heavy atom. The molecule has 0 aliphatic carbocycles. The first-order valence-electron chi connectivity index (χ1n) is 11.3. The molecule has 3 aromatic carbocycles. The smallest absolute Gasteiger partial charge is 0.278 e. The van der Waals surface area contributed by atoms with Crippen LogP contribution in [-0.2, 0) is 4.74 Å². The summed E-state index contributed by atoms with van der Waals surface area (Å²) in [7, 11) is 0. The second kappa shape index (κ2) is 8.81. The third kappa shape index (κ3) is 3.53. The van der Waals surface area contributed by atoms with Crippen molar-refractivity contribution in [2.75, 3.05) is 12.0 Å². The van der Waals surface area contributed by atoms with E-state index in [1.165, 1.54) is 10.9 Å². The lowest BCUT2D eigenvalue weighted by Gasteiger charge is -2.18. The van der Waals surface area contributed by atoms with Crippen molar-refractivity contribution in [2.24, 2.45) is 5.10 Å². The highest BCUT2D eigenvalue weighted by atomic mass is 16.6. The minimum atomic E-state index is -1.40. The molecule has 0 amide bonds. The van der Waals surface area contributed by atoms with Crippen molar-refractivity contribution in [3.05, 3.63) is 76.8 Å². The van der Waals surface area contributed by atoms with E-state index in [0.717, 1.165) is 27.1 Å². The molecule has 0 bridgehead atoms. The lowest BCUT2D eigenvalue weighted by Crippen LogP contribution is -2.33. The molecule has 0 radical (unpaired) electrons. The summed E-state index contributed by atoms with van der Waals surface area (Å²) in [6.45, 7) is -0.496. The van der Waals surface area contributed by atoms with Gasteiger partial charge in [0.1, 0.15) is 18.3 Å². The lowest BCUT2D eigenvalue weighted by atomic mass is 9.97. The van der Waals surface area contributed by atoms with Crippen LogP contribution in [0, 0.1) is 0 Å². The number of hydrogen-bond donors (Lipinski definition) is 5. The molecule has 5 N–H and O–H groups in total. The minimum absolute atomic E-state index is 0.00329. The van der Waals surface area contributed by atoms with Gasteiger partial charge in [0.2, 0.25) is 5.95 Å². The number of aliphatic hydroxyl groups is 3. The highest BCUT2D eigenvalue weighted by molar-refractivity contribution is 6.13. The number of nitrogens with one attached hydrogen (secondary N) is 2. The van der Waals surface area contributed by atoms with E-state index in [9.17, 15) is 20.1 Å². The molecule has 11 heteroatoms. The van der Waals surface area contributed by atoms with E-state index in [-0.39, 0.29) is 17.1 Å². The summed E-state index contributed by atoms with van der Waals surface area (Å²) >= 11 is 0. The van der Waals surface area contributed by atoms with E-state index < -0.39 is 36.7 Å². The predicted octanol–water partition coefficient (Wildman–Crippen LogP) is 1.48. The molecule has 0 saturated carbocycles. The zero-order chi connectivity index (χ0) is 24.8. The molecule has 1 saturated heterocycles. The number of fused-ring (bicyclic) bond motifs is 3. The van der Waals surface area contributed by atoms with Gasteiger partial charge in [0.05, 0.1) is 19.1 Å². The van der Waals surface area contributed by atoms with Gasteiger partial charge >= 0.3 is 0 Å². The third-order valence-electron chi connectivity index (χ3n) is 6.43. The first kappa shape index (κ1) is 22.3. The van der Waals surface area contributed by atoms with E-state index in [1.807, 2.05) is 48.5 Å². The van der Waals surface area contributed by atoms with Gasteiger partial charge in [0.15, 0.2) is 17.4 Å². The second-order valence-corrected chi connectivity index (χ2v) is 8.54. The van der Waals surface area contributed by atoms with Gasteiger partial charge in [0, 0.05) is 5.56 Å². The van der Waals surface area contributed by atoms with E-state index in [0.29, 0.717) is 0 Å². The molecule has 1 aliphatic heterocycles. The highest BCUT2D eigenvalue weighted by Gasteiger charge is 2.45. The Balaban J connectivity index is 1.45. The van der Waals surface area contributed by atoms with E-state index in [1.54, 1.807) is 6.21 Å². The molecule has 0 spiro atoms. The predicted molar refractivity (Wildman–Crippen MR) is 134 cm³/mol. The second-order valence-electron chi connectivity index (χ2n) is 8.54. The zero-order valence-electron chi connectivity index (χ0n) is 18.8. The third-order valence-corrected chi connectivity index (χ3v) is 6.43. The first-order chi connectivity index (χ1) is 17.6. The number of nitrogens with zero attached hydrogens (tertiary/aromatic N) is 4. The molecular weight excluding hydrogens is 464 g/mol. The Hall–Kier alpha value is -4.16. The number of rotatable bonds is 5. The van der Waals surface area contributed by atoms with Crippen LogP contribution in [0.1, 0.15) is 11.8 Å². The van der Waals surface area contributed by atoms with E-state index in [2.05, 4.69) is 31.5 Å². The summed E-state index contributed by atoms with van der Waals surface area (Å²) in [4.78, 5) is 23.4. The molecule has 11 nitrogen and oxygen atoms in total. The fourth-order valence-corrected chi connectivity index (χ4v) is 4.68. The van der Waals surface area contributed by atoms with Gasteiger partial charge in [-0.05, 0) is 27.6 Å². The number of imidazole rings is 1. The number of aliphatic hydroxyl groups excluding tert-OH is 3. The van der Waals surface area contributed by atoms with Gasteiger partial charge in [-0.1, -0.05) is 48.5 Å². The summed E-state index contributed by atoms with van der Waals surface area (Å²) in [6, 6.07) is 18.1. The fourth-order valence-electron chi connectivity index (χ4n) is 4.68. The summed E-state index contributed by atoms with van der Waals surface area (Å²) < 4.78 is 7.03. The van der Waals surface area contributed by atoms with Crippen molar-refractivity contribution in [3.8, 4) is 0 Å². The van der Waals surface area contributed by atoms with Gasteiger partial charge < -0.3 is 25.0 Å². The van der Waals surface area contributed by atoms with Crippen LogP contribution >= 0.6 is 0 Å². The molecule has 36 heavy (non-hydrogen) atoms. The molecule has 182 valence electrons. The van der Waals surface area contributed by atoms with Crippen LogP contribution in [0.25, 0.3) is 32.7 Å². The average Bonchev–Trinajstić information content (AvgIpc) is 3.40. The standard InChI is InChI=1S/C25H22N6O5/c32-11-18-20(33)21(34)24(36-18)31-22-19(23(35)27-12-26-22)29-25(31)30-28-10-17-15-7-3-1-5-13(15)9-14-6-2-4-8-16(14)17/h1-10,12,18,20-21,24,32-34H,11H2,(H,29,30)(H,26,27,35)/b28-10+/t18-,20-,21-,24-/m1/s1. The van der Waals surface area contributed by atoms with Crippen LogP contribution in [0.3, 0.4) is 0 Å². The van der Waals surface area contributed by atoms with E-state index >= 15 is 0 Å². The first-order valence-corrected chi connectivity index (χ1v) is 11.3. The maximum atomic E-state index is 12.4. The molecule has 1 fully saturated rings. The van der Waals surface area contributed by atoms with Crippen molar-refractivity contribution >= 4 is 44.9 Å². The molecule has 6 rings (SSSR count). The number of hydrazone groups is 1. The Morgan fingerprint density at radius 2 is 1.78 bits per heavy atom. The topological polar surface area (TPSA) is 158 Å². The van der Waals surface area contributed by atoms with Crippen LogP contribution in [0.15, 0.2) is 70.8 Å². The van der Waals surface area contributed by atoms with Crippen LogP contribution in [0.5, 0.6) is 0 Å².